The van der Waals surface area contributed by atoms with E-state index in [0.29, 0.717) is 44.3 Å². The molecule has 4 rings (SSSR count). The van der Waals surface area contributed by atoms with Crippen molar-refractivity contribution in [3.8, 4) is 0 Å². The molecule has 178 valence electrons. The monoisotopic (exact) mass is 460 g/mol. The van der Waals surface area contributed by atoms with Crippen LogP contribution in [-0.4, -0.2) is 57.7 Å². The van der Waals surface area contributed by atoms with Crippen LogP contribution in [0.1, 0.15) is 45.6 Å². The van der Waals surface area contributed by atoms with Crippen molar-refractivity contribution in [1.29, 1.82) is 0 Å². The maximum atomic E-state index is 12.9. The number of piperazine rings is 1. The molecule has 7 nitrogen and oxygen atoms in total. The maximum absolute atomic E-state index is 12.9. The maximum Gasteiger partial charge on any atom is 0.275 e. The summed E-state index contributed by atoms with van der Waals surface area (Å²) in [6.45, 7) is 9.89. The van der Waals surface area contributed by atoms with Crippen molar-refractivity contribution in [3.63, 3.8) is 0 Å². The first-order chi connectivity index (χ1) is 16.4. The van der Waals surface area contributed by atoms with Crippen LogP contribution in [-0.2, 0) is 24.4 Å². The Morgan fingerprint density at radius 3 is 2.35 bits per heavy atom. The molecular formula is C27H32N4O3. The van der Waals surface area contributed by atoms with Gasteiger partial charge in [0.15, 0.2) is 5.69 Å². The van der Waals surface area contributed by atoms with Gasteiger partial charge in [-0.3, -0.25) is 14.5 Å². The van der Waals surface area contributed by atoms with Crippen molar-refractivity contribution < 1.29 is 14.0 Å². The number of carbonyl (C=O) groups excluding carboxylic acids is 2. The summed E-state index contributed by atoms with van der Waals surface area (Å²) in [5.41, 5.74) is 5.27. The van der Waals surface area contributed by atoms with Crippen LogP contribution in [0, 0.1) is 13.8 Å². The van der Waals surface area contributed by atoms with Crippen LogP contribution in [0.3, 0.4) is 0 Å². The Morgan fingerprint density at radius 2 is 1.65 bits per heavy atom. The zero-order valence-electron chi connectivity index (χ0n) is 20.2. The van der Waals surface area contributed by atoms with Gasteiger partial charge in [-0.25, -0.2) is 4.98 Å². The van der Waals surface area contributed by atoms with E-state index in [4.69, 9.17) is 4.42 Å². The minimum atomic E-state index is -0.151. The van der Waals surface area contributed by atoms with Crippen molar-refractivity contribution >= 4 is 11.8 Å². The Labute approximate surface area is 201 Å². The minimum absolute atomic E-state index is 0.0400. The lowest BCUT2D eigenvalue weighted by Crippen LogP contribution is -2.50. The third kappa shape index (κ3) is 5.91. The number of aryl methyl sites for hydroxylation is 2. The van der Waals surface area contributed by atoms with Crippen LogP contribution < -0.4 is 0 Å². The number of aromatic nitrogens is 1. The highest BCUT2D eigenvalue weighted by Gasteiger charge is 2.25. The van der Waals surface area contributed by atoms with E-state index < -0.39 is 0 Å². The summed E-state index contributed by atoms with van der Waals surface area (Å²) in [6.07, 6.45) is 1.45. The SMILES string of the molecule is CC(=O)N1CCN(C(=O)c2coc(CN(Cc3ccccc3)Cc3cc(C)ccc3C)n2)CC1. The molecule has 2 heterocycles. The first-order valence-electron chi connectivity index (χ1n) is 11.7. The summed E-state index contributed by atoms with van der Waals surface area (Å²) in [5, 5.41) is 0. The molecule has 1 fully saturated rings. The number of benzene rings is 2. The molecule has 1 aliphatic rings. The van der Waals surface area contributed by atoms with Gasteiger partial charge in [-0.1, -0.05) is 54.1 Å². The molecule has 2 amide bonds. The van der Waals surface area contributed by atoms with Crippen molar-refractivity contribution in [3.05, 3.63) is 88.6 Å². The number of amides is 2. The highest BCUT2D eigenvalue weighted by Crippen LogP contribution is 2.18. The van der Waals surface area contributed by atoms with E-state index in [-0.39, 0.29) is 11.8 Å². The fourth-order valence-electron chi connectivity index (χ4n) is 4.28. The van der Waals surface area contributed by atoms with Crippen LogP contribution in [0.15, 0.2) is 59.2 Å². The number of carbonyl (C=O) groups is 2. The number of hydrogen-bond acceptors (Lipinski definition) is 5. The summed E-state index contributed by atoms with van der Waals surface area (Å²) in [5.74, 6) is 0.410. The lowest BCUT2D eigenvalue weighted by atomic mass is 10.0. The van der Waals surface area contributed by atoms with Gasteiger partial charge < -0.3 is 14.2 Å². The zero-order valence-corrected chi connectivity index (χ0v) is 20.2. The molecule has 0 saturated carbocycles. The third-order valence-electron chi connectivity index (χ3n) is 6.29. The van der Waals surface area contributed by atoms with Gasteiger partial charge in [-0.15, -0.1) is 0 Å². The molecule has 0 unspecified atom stereocenters. The Kier molecular flexibility index (Phi) is 7.43. The van der Waals surface area contributed by atoms with Crippen molar-refractivity contribution in [1.82, 2.24) is 19.7 Å². The topological polar surface area (TPSA) is 69.9 Å². The van der Waals surface area contributed by atoms with E-state index in [1.165, 1.54) is 28.5 Å². The fourth-order valence-corrected chi connectivity index (χ4v) is 4.28. The van der Waals surface area contributed by atoms with E-state index in [1.54, 1.807) is 16.7 Å². The Hall–Kier alpha value is -3.45. The minimum Gasteiger partial charge on any atom is -0.447 e. The second-order valence-electron chi connectivity index (χ2n) is 8.99. The van der Waals surface area contributed by atoms with E-state index in [2.05, 4.69) is 54.1 Å². The normalized spacial score (nSPS) is 14.0. The number of oxazole rings is 1. The van der Waals surface area contributed by atoms with E-state index >= 15 is 0 Å². The molecule has 0 atom stereocenters. The van der Waals surface area contributed by atoms with Crippen LogP contribution in [0.25, 0.3) is 0 Å². The van der Waals surface area contributed by atoms with Gasteiger partial charge in [0.25, 0.3) is 5.91 Å². The Morgan fingerprint density at radius 1 is 0.941 bits per heavy atom. The highest BCUT2D eigenvalue weighted by atomic mass is 16.3. The number of nitrogens with zero attached hydrogens (tertiary/aromatic N) is 4. The van der Waals surface area contributed by atoms with Crippen molar-refractivity contribution in [2.24, 2.45) is 0 Å². The summed E-state index contributed by atoms with van der Waals surface area (Å²) in [4.78, 5) is 34.8. The van der Waals surface area contributed by atoms with Crippen LogP contribution in [0.2, 0.25) is 0 Å². The van der Waals surface area contributed by atoms with E-state index in [1.807, 2.05) is 18.2 Å². The largest absolute Gasteiger partial charge is 0.447 e. The third-order valence-corrected chi connectivity index (χ3v) is 6.29. The molecule has 0 bridgehead atoms. The van der Waals surface area contributed by atoms with Gasteiger partial charge in [0.05, 0.1) is 6.54 Å². The molecule has 1 aliphatic heterocycles. The average molecular weight is 461 g/mol. The van der Waals surface area contributed by atoms with Crippen molar-refractivity contribution in [2.45, 2.75) is 40.4 Å². The van der Waals surface area contributed by atoms with Gasteiger partial charge in [-0.2, -0.15) is 0 Å². The zero-order chi connectivity index (χ0) is 24.1. The smallest absolute Gasteiger partial charge is 0.275 e. The number of rotatable bonds is 7. The second kappa shape index (κ2) is 10.7. The molecule has 1 saturated heterocycles. The van der Waals surface area contributed by atoms with Crippen LogP contribution >= 0.6 is 0 Å². The summed E-state index contributed by atoms with van der Waals surface area (Å²) < 4.78 is 5.73. The van der Waals surface area contributed by atoms with Gasteiger partial charge in [0.1, 0.15) is 6.26 Å². The molecule has 0 aliphatic carbocycles. The molecule has 0 N–H and O–H groups in total. The molecule has 0 radical (unpaired) electrons. The summed E-state index contributed by atoms with van der Waals surface area (Å²) in [6, 6.07) is 16.8. The molecule has 2 aromatic carbocycles. The molecule has 7 heteroatoms. The second-order valence-corrected chi connectivity index (χ2v) is 8.99. The molecule has 34 heavy (non-hydrogen) atoms. The van der Waals surface area contributed by atoms with Gasteiger partial charge in [0.2, 0.25) is 11.8 Å². The number of hydrogen-bond donors (Lipinski definition) is 0. The van der Waals surface area contributed by atoms with Crippen molar-refractivity contribution in [2.75, 3.05) is 26.2 Å². The quantitative estimate of drug-likeness (QED) is 0.536. The fraction of sp³-hybridized carbons (Fsp3) is 0.370. The Bertz CT molecular complexity index is 1130. The van der Waals surface area contributed by atoms with E-state index in [0.717, 1.165) is 13.1 Å². The Balaban J connectivity index is 1.46. The van der Waals surface area contributed by atoms with Gasteiger partial charge >= 0.3 is 0 Å². The lowest BCUT2D eigenvalue weighted by molar-refractivity contribution is -0.130. The summed E-state index contributed by atoms with van der Waals surface area (Å²) in [7, 11) is 0. The predicted molar refractivity (Wildman–Crippen MR) is 130 cm³/mol. The molecule has 0 spiro atoms. The molecule has 1 aromatic heterocycles. The molecule has 3 aromatic rings. The lowest BCUT2D eigenvalue weighted by Gasteiger charge is -2.33. The van der Waals surface area contributed by atoms with Gasteiger partial charge in [-0.05, 0) is 30.5 Å². The highest BCUT2D eigenvalue weighted by molar-refractivity contribution is 5.92. The first-order valence-corrected chi connectivity index (χ1v) is 11.7. The molecular weight excluding hydrogens is 428 g/mol. The standard InChI is InChI=1S/C27H32N4O3/c1-20-9-10-21(2)24(15-20)17-29(16-23-7-5-4-6-8-23)18-26-28-25(19-34-26)27(33)31-13-11-30(12-14-31)22(3)32/h4-10,15,19H,11-14,16-18H2,1-3H3. The van der Waals surface area contributed by atoms with Crippen LogP contribution in [0.5, 0.6) is 0 Å². The van der Waals surface area contributed by atoms with E-state index in [9.17, 15) is 9.59 Å². The summed E-state index contributed by atoms with van der Waals surface area (Å²) >= 11 is 0. The van der Waals surface area contributed by atoms with Crippen LogP contribution in [0.4, 0.5) is 0 Å². The predicted octanol–water partition coefficient (Wildman–Crippen LogP) is 3.80. The average Bonchev–Trinajstić information content (AvgIpc) is 3.30. The van der Waals surface area contributed by atoms with Gasteiger partial charge in [0, 0.05) is 46.2 Å². The first kappa shape index (κ1) is 23.7.